The number of piperazine rings is 1. The van der Waals surface area contributed by atoms with Crippen molar-refractivity contribution in [2.24, 2.45) is 0 Å². The number of halogens is 1. The Morgan fingerprint density at radius 2 is 1.73 bits per heavy atom. The van der Waals surface area contributed by atoms with Crippen molar-refractivity contribution in [3.8, 4) is 0 Å². The summed E-state index contributed by atoms with van der Waals surface area (Å²) in [4.78, 5) is 14.1. The Hall–Kier alpha value is -2.01. The largest absolute Gasteiger partial charge is 0.368 e. The first-order valence-electron chi connectivity index (χ1n) is 9.55. The van der Waals surface area contributed by atoms with Crippen LogP contribution in [0, 0.1) is 6.92 Å². The number of benzene rings is 1. The molecule has 0 unspecified atom stereocenters. The van der Waals surface area contributed by atoms with Crippen molar-refractivity contribution in [2.45, 2.75) is 38.6 Å². The van der Waals surface area contributed by atoms with E-state index in [0.29, 0.717) is 6.04 Å². The molecule has 0 radical (unpaired) electrons. The molecule has 6 heteroatoms. The summed E-state index contributed by atoms with van der Waals surface area (Å²) in [6.45, 7) is 5.88. The van der Waals surface area contributed by atoms with Crippen LogP contribution in [0.5, 0.6) is 0 Å². The fourth-order valence-corrected chi connectivity index (χ4v) is 4.08. The molecule has 2 aliphatic rings. The standard InChI is InChI=1S/C20H26ClN5/c1-15-13-19(24-20(22-15)23-17-6-2-3-7-17)26-11-9-25(10-12-26)18-8-4-5-16(21)14-18/h4-5,8,13-14,17H,2-3,6-7,9-12H2,1H3,(H,22,23,24). The van der Waals surface area contributed by atoms with Crippen LogP contribution in [0.25, 0.3) is 0 Å². The van der Waals surface area contributed by atoms with Crippen LogP contribution in [-0.4, -0.2) is 42.2 Å². The van der Waals surface area contributed by atoms with Gasteiger partial charge in [0.05, 0.1) is 0 Å². The molecule has 2 heterocycles. The minimum atomic E-state index is 0.532. The molecule has 1 N–H and O–H groups in total. The SMILES string of the molecule is Cc1cc(N2CCN(c3cccc(Cl)c3)CC2)nc(NC2CCCC2)n1. The maximum atomic E-state index is 6.13. The van der Waals surface area contributed by atoms with Crippen molar-refractivity contribution in [3.63, 3.8) is 0 Å². The molecule has 4 rings (SSSR count). The lowest BCUT2D eigenvalue weighted by Crippen LogP contribution is -2.47. The van der Waals surface area contributed by atoms with Crippen molar-refractivity contribution >= 4 is 29.1 Å². The number of rotatable bonds is 4. The van der Waals surface area contributed by atoms with Crippen LogP contribution < -0.4 is 15.1 Å². The van der Waals surface area contributed by atoms with Gasteiger partial charge in [-0.05, 0) is 38.0 Å². The third-order valence-corrected chi connectivity index (χ3v) is 5.54. The third-order valence-electron chi connectivity index (χ3n) is 5.31. The number of anilines is 3. The Kier molecular flexibility index (Phi) is 5.16. The smallest absolute Gasteiger partial charge is 0.225 e. The zero-order valence-electron chi connectivity index (χ0n) is 15.3. The first kappa shape index (κ1) is 17.4. The van der Waals surface area contributed by atoms with Gasteiger partial charge in [-0.15, -0.1) is 0 Å². The zero-order valence-corrected chi connectivity index (χ0v) is 16.0. The van der Waals surface area contributed by atoms with Gasteiger partial charge in [-0.2, -0.15) is 4.98 Å². The summed E-state index contributed by atoms with van der Waals surface area (Å²) in [5.41, 5.74) is 2.22. The van der Waals surface area contributed by atoms with Crippen LogP contribution in [0.1, 0.15) is 31.4 Å². The van der Waals surface area contributed by atoms with Gasteiger partial charge in [0.2, 0.25) is 5.95 Å². The molecule has 0 spiro atoms. The van der Waals surface area contributed by atoms with Crippen molar-refractivity contribution in [3.05, 3.63) is 41.0 Å². The van der Waals surface area contributed by atoms with Crippen molar-refractivity contribution in [1.29, 1.82) is 0 Å². The number of aromatic nitrogens is 2. The molecule has 2 aromatic rings. The van der Waals surface area contributed by atoms with Gasteiger partial charge in [0, 0.05) is 54.7 Å². The van der Waals surface area contributed by atoms with E-state index in [1.54, 1.807) is 0 Å². The monoisotopic (exact) mass is 371 g/mol. The van der Waals surface area contributed by atoms with E-state index in [4.69, 9.17) is 16.6 Å². The summed E-state index contributed by atoms with van der Waals surface area (Å²) in [7, 11) is 0. The normalized spacial score (nSPS) is 18.4. The minimum Gasteiger partial charge on any atom is -0.368 e. The average molecular weight is 372 g/mol. The Labute approximate surface area is 160 Å². The van der Waals surface area contributed by atoms with Gasteiger partial charge < -0.3 is 15.1 Å². The molecule has 1 aromatic carbocycles. The van der Waals surface area contributed by atoms with E-state index in [9.17, 15) is 0 Å². The molecule has 1 saturated carbocycles. The predicted octanol–water partition coefficient (Wildman–Crippen LogP) is 4.12. The molecule has 1 saturated heterocycles. The molecule has 2 fully saturated rings. The lowest BCUT2D eigenvalue weighted by molar-refractivity contribution is 0.646. The molecule has 138 valence electrons. The number of aryl methyl sites for hydroxylation is 1. The summed E-state index contributed by atoms with van der Waals surface area (Å²) in [6.07, 6.45) is 5.07. The predicted molar refractivity (Wildman–Crippen MR) is 109 cm³/mol. The molecule has 1 aliphatic heterocycles. The van der Waals surface area contributed by atoms with Gasteiger partial charge in [-0.3, -0.25) is 0 Å². The Bertz CT molecular complexity index is 752. The first-order valence-corrected chi connectivity index (χ1v) is 9.93. The lowest BCUT2D eigenvalue weighted by Gasteiger charge is -2.37. The molecular weight excluding hydrogens is 346 g/mol. The highest BCUT2D eigenvalue weighted by molar-refractivity contribution is 6.30. The summed E-state index contributed by atoms with van der Waals surface area (Å²) >= 11 is 6.13. The molecular formula is C20H26ClN5. The highest BCUT2D eigenvalue weighted by Gasteiger charge is 2.21. The number of nitrogens with zero attached hydrogens (tertiary/aromatic N) is 4. The fraction of sp³-hybridized carbons (Fsp3) is 0.500. The third kappa shape index (κ3) is 4.04. The van der Waals surface area contributed by atoms with Crippen molar-refractivity contribution in [2.75, 3.05) is 41.3 Å². The summed E-state index contributed by atoms with van der Waals surface area (Å²) in [6, 6.07) is 10.7. The average Bonchev–Trinajstić information content (AvgIpc) is 3.14. The fourth-order valence-electron chi connectivity index (χ4n) is 3.90. The van der Waals surface area contributed by atoms with Gasteiger partial charge in [-0.25, -0.2) is 4.98 Å². The van der Waals surface area contributed by atoms with Gasteiger partial charge in [0.25, 0.3) is 0 Å². The topological polar surface area (TPSA) is 44.3 Å². The van der Waals surface area contributed by atoms with Gasteiger partial charge in [-0.1, -0.05) is 30.5 Å². The molecule has 5 nitrogen and oxygen atoms in total. The van der Waals surface area contributed by atoms with Crippen LogP contribution in [0.2, 0.25) is 5.02 Å². The van der Waals surface area contributed by atoms with Crippen LogP contribution in [0.15, 0.2) is 30.3 Å². The van der Waals surface area contributed by atoms with Gasteiger partial charge in [0.1, 0.15) is 5.82 Å². The maximum Gasteiger partial charge on any atom is 0.225 e. The van der Waals surface area contributed by atoms with Crippen LogP contribution in [0.4, 0.5) is 17.5 Å². The minimum absolute atomic E-state index is 0.532. The number of hydrogen-bond donors (Lipinski definition) is 1. The molecule has 0 atom stereocenters. The molecule has 0 bridgehead atoms. The number of hydrogen-bond acceptors (Lipinski definition) is 5. The van der Waals surface area contributed by atoms with Gasteiger partial charge in [0.15, 0.2) is 0 Å². The van der Waals surface area contributed by atoms with Gasteiger partial charge >= 0.3 is 0 Å². The van der Waals surface area contributed by atoms with Crippen LogP contribution >= 0.6 is 11.6 Å². The van der Waals surface area contributed by atoms with E-state index in [2.05, 4.69) is 32.2 Å². The van der Waals surface area contributed by atoms with Crippen LogP contribution in [-0.2, 0) is 0 Å². The Balaban J connectivity index is 1.43. The van der Waals surface area contributed by atoms with Crippen LogP contribution in [0.3, 0.4) is 0 Å². The van der Waals surface area contributed by atoms with E-state index >= 15 is 0 Å². The molecule has 0 amide bonds. The van der Waals surface area contributed by atoms with E-state index < -0.39 is 0 Å². The Morgan fingerprint density at radius 1 is 1.00 bits per heavy atom. The van der Waals surface area contributed by atoms with E-state index in [0.717, 1.165) is 48.7 Å². The Morgan fingerprint density at radius 3 is 2.46 bits per heavy atom. The maximum absolute atomic E-state index is 6.13. The zero-order chi connectivity index (χ0) is 17.9. The van der Waals surface area contributed by atoms with E-state index in [1.165, 1.54) is 31.4 Å². The van der Waals surface area contributed by atoms with E-state index in [1.807, 2.05) is 25.1 Å². The quantitative estimate of drug-likeness (QED) is 0.875. The summed E-state index contributed by atoms with van der Waals surface area (Å²) in [5.74, 6) is 1.81. The summed E-state index contributed by atoms with van der Waals surface area (Å²) < 4.78 is 0. The number of nitrogens with one attached hydrogen (secondary N) is 1. The molecule has 1 aliphatic carbocycles. The second kappa shape index (κ2) is 7.70. The molecule has 1 aromatic heterocycles. The molecule has 26 heavy (non-hydrogen) atoms. The van der Waals surface area contributed by atoms with E-state index in [-0.39, 0.29) is 0 Å². The second-order valence-corrected chi connectivity index (χ2v) is 7.71. The van der Waals surface area contributed by atoms with Crippen molar-refractivity contribution in [1.82, 2.24) is 9.97 Å². The first-order chi connectivity index (χ1) is 12.7. The second-order valence-electron chi connectivity index (χ2n) is 7.27. The summed E-state index contributed by atoms with van der Waals surface area (Å²) in [5, 5.41) is 4.32. The lowest BCUT2D eigenvalue weighted by atomic mass is 10.2. The highest BCUT2D eigenvalue weighted by Crippen LogP contribution is 2.24. The highest BCUT2D eigenvalue weighted by atomic mass is 35.5. The van der Waals surface area contributed by atoms with Crippen molar-refractivity contribution < 1.29 is 0 Å².